The van der Waals surface area contributed by atoms with Gasteiger partial charge in [0.1, 0.15) is 0 Å². The molecule has 0 bridgehead atoms. The molecule has 1 aliphatic rings. The Morgan fingerprint density at radius 3 is 2.55 bits per heavy atom. The third-order valence-electron chi connectivity index (χ3n) is 3.78. The van der Waals surface area contributed by atoms with Gasteiger partial charge in [-0.2, -0.15) is 0 Å². The summed E-state index contributed by atoms with van der Waals surface area (Å²) in [5.41, 5.74) is 9.27. The molecule has 0 radical (unpaired) electrons. The van der Waals surface area contributed by atoms with Gasteiger partial charge in [0.2, 0.25) is 0 Å². The highest BCUT2D eigenvalue weighted by molar-refractivity contribution is 5.60. The molecule has 1 saturated heterocycles. The lowest BCUT2D eigenvalue weighted by Gasteiger charge is -2.31. The second-order valence-corrected chi connectivity index (χ2v) is 5.49. The Kier molecular flexibility index (Phi) is 3.65. The highest BCUT2D eigenvalue weighted by Gasteiger charge is 2.18. The Balaban J connectivity index is 1.78. The van der Waals surface area contributed by atoms with Crippen LogP contribution >= 0.6 is 0 Å². The van der Waals surface area contributed by atoms with Crippen molar-refractivity contribution in [2.75, 3.05) is 18.0 Å². The topological polar surface area (TPSA) is 55.0 Å². The van der Waals surface area contributed by atoms with Gasteiger partial charge in [-0.1, -0.05) is 29.8 Å². The van der Waals surface area contributed by atoms with Crippen molar-refractivity contribution >= 4 is 5.82 Å². The van der Waals surface area contributed by atoms with Crippen LogP contribution in [-0.2, 0) is 0 Å². The summed E-state index contributed by atoms with van der Waals surface area (Å²) < 4.78 is 0. The van der Waals surface area contributed by atoms with Crippen molar-refractivity contribution in [3.05, 3.63) is 42.0 Å². The van der Waals surface area contributed by atoms with Crippen LogP contribution in [0.15, 0.2) is 36.4 Å². The zero-order chi connectivity index (χ0) is 13.9. The fourth-order valence-corrected chi connectivity index (χ4v) is 2.59. The second kappa shape index (κ2) is 5.59. The summed E-state index contributed by atoms with van der Waals surface area (Å²) in [4.78, 5) is 2.22. The number of rotatable bonds is 2. The molecule has 0 spiro atoms. The van der Waals surface area contributed by atoms with Gasteiger partial charge >= 0.3 is 0 Å². The van der Waals surface area contributed by atoms with Crippen molar-refractivity contribution in [1.29, 1.82) is 0 Å². The average molecular weight is 268 g/mol. The van der Waals surface area contributed by atoms with Gasteiger partial charge in [-0.25, -0.2) is 0 Å². The lowest BCUT2D eigenvalue weighted by molar-refractivity contribution is 0.502. The maximum Gasteiger partial charge on any atom is 0.151 e. The monoisotopic (exact) mass is 268 g/mol. The predicted octanol–water partition coefficient (Wildman–Crippen LogP) is 2.38. The van der Waals surface area contributed by atoms with Crippen LogP contribution in [0.1, 0.15) is 18.4 Å². The Bertz CT molecular complexity index is 562. The van der Waals surface area contributed by atoms with E-state index in [9.17, 15) is 0 Å². The fraction of sp³-hybridized carbons (Fsp3) is 0.375. The molecule has 2 N–H and O–H groups in total. The van der Waals surface area contributed by atoms with E-state index in [2.05, 4.69) is 46.3 Å². The van der Waals surface area contributed by atoms with Crippen molar-refractivity contribution in [2.24, 2.45) is 5.73 Å². The van der Waals surface area contributed by atoms with Crippen LogP contribution in [0.3, 0.4) is 0 Å². The van der Waals surface area contributed by atoms with E-state index in [0.29, 0.717) is 0 Å². The molecule has 1 unspecified atom stereocenters. The average Bonchev–Trinajstić information content (AvgIpc) is 2.48. The van der Waals surface area contributed by atoms with E-state index in [0.717, 1.165) is 43.0 Å². The maximum absolute atomic E-state index is 6.01. The smallest absolute Gasteiger partial charge is 0.151 e. The molecule has 1 aromatic heterocycles. The number of piperidine rings is 1. The normalized spacial score (nSPS) is 19.1. The van der Waals surface area contributed by atoms with Crippen LogP contribution in [0.25, 0.3) is 11.3 Å². The molecule has 3 rings (SSSR count). The van der Waals surface area contributed by atoms with E-state index in [4.69, 9.17) is 5.73 Å². The zero-order valence-electron chi connectivity index (χ0n) is 11.8. The number of aromatic nitrogens is 2. The molecule has 4 heteroatoms. The summed E-state index contributed by atoms with van der Waals surface area (Å²) in [6, 6.07) is 12.7. The minimum atomic E-state index is 0.252. The molecule has 4 nitrogen and oxygen atoms in total. The zero-order valence-corrected chi connectivity index (χ0v) is 11.8. The molecule has 0 amide bonds. The molecule has 1 aromatic carbocycles. The summed E-state index contributed by atoms with van der Waals surface area (Å²) in [6.07, 6.45) is 2.23. The van der Waals surface area contributed by atoms with Gasteiger partial charge in [0.05, 0.1) is 5.69 Å². The number of hydrogen-bond donors (Lipinski definition) is 1. The Morgan fingerprint density at radius 2 is 1.90 bits per heavy atom. The molecule has 20 heavy (non-hydrogen) atoms. The van der Waals surface area contributed by atoms with E-state index in [1.165, 1.54) is 5.56 Å². The largest absolute Gasteiger partial charge is 0.354 e. The highest BCUT2D eigenvalue weighted by Crippen LogP contribution is 2.20. The molecule has 2 aromatic rings. The summed E-state index contributed by atoms with van der Waals surface area (Å²) >= 11 is 0. The predicted molar refractivity (Wildman–Crippen MR) is 81.6 cm³/mol. The number of anilines is 1. The molecule has 104 valence electrons. The van der Waals surface area contributed by atoms with Gasteiger partial charge in [-0.15, -0.1) is 10.2 Å². The van der Waals surface area contributed by atoms with Crippen LogP contribution < -0.4 is 10.6 Å². The van der Waals surface area contributed by atoms with Crippen LogP contribution in [0, 0.1) is 6.92 Å². The molecule has 1 fully saturated rings. The first-order valence-electron chi connectivity index (χ1n) is 7.14. The van der Waals surface area contributed by atoms with Crippen LogP contribution in [0.4, 0.5) is 5.82 Å². The van der Waals surface area contributed by atoms with Crippen molar-refractivity contribution < 1.29 is 0 Å². The first kappa shape index (κ1) is 13.1. The van der Waals surface area contributed by atoms with Crippen molar-refractivity contribution in [3.8, 4) is 11.3 Å². The van der Waals surface area contributed by atoms with Gasteiger partial charge in [0.25, 0.3) is 0 Å². The van der Waals surface area contributed by atoms with E-state index < -0.39 is 0 Å². The third-order valence-corrected chi connectivity index (χ3v) is 3.78. The van der Waals surface area contributed by atoms with Gasteiger partial charge in [-0.05, 0) is 31.9 Å². The first-order chi connectivity index (χ1) is 9.72. The summed E-state index contributed by atoms with van der Waals surface area (Å²) in [6.45, 7) is 3.98. The van der Waals surface area contributed by atoms with Crippen LogP contribution in [0.5, 0.6) is 0 Å². The van der Waals surface area contributed by atoms with E-state index in [-0.39, 0.29) is 6.04 Å². The lowest BCUT2D eigenvalue weighted by atomic mass is 10.1. The Hall–Kier alpha value is -1.94. The standard InChI is InChI=1S/C16H20N4/c1-12-4-6-13(7-5-12)15-8-9-16(19-18-15)20-10-2-3-14(17)11-20/h4-9,14H,2-3,10-11,17H2,1H3. The highest BCUT2D eigenvalue weighted by atomic mass is 15.3. The van der Waals surface area contributed by atoms with E-state index in [1.54, 1.807) is 0 Å². The van der Waals surface area contributed by atoms with Crippen molar-refractivity contribution in [1.82, 2.24) is 10.2 Å². The Labute approximate surface area is 119 Å². The molecule has 0 aliphatic carbocycles. The second-order valence-electron chi connectivity index (χ2n) is 5.49. The van der Waals surface area contributed by atoms with Crippen LogP contribution in [0.2, 0.25) is 0 Å². The van der Waals surface area contributed by atoms with Crippen molar-refractivity contribution in [2.45, 2.75) is 25.8 Å². The first-order valence-corrected chi connectivity index (χ1v) is 7.14. The minimum Gasteiger partial charge on any atom is -0.354 e. The molecular weight excluding hydrogens is 248 g/mol. The number of nitrogens with zero attached hydrogens (tertiary/aromatic N) is 3. The number of aryl methyl sites for hydroxylation is 1. The molecule has 1 atom stereocenters. The van der Waals surface area contributed by atoms with Gasteiger partial charge in [0.15, 0.2) is 5.82 Å². The Morgan fingerprint density at radius 1 is 1.10 bits per heavy atom. The summed E-state index contributed by atoms with van der Waals surface area (Å²) in [5, 5.41) is 8.70. The fourth-order valence-electron chi connectivity index (χ4n) is 2.59. The molecule has 2 heterocycles. The summed E-state index contributed by atoms with van der Waals surface area (Å²) in [5.74, 6) is 0.927. The van der Waals surface area contributed by atoms with Crippen molar-refractivity contribution in [3.63, 3.8) is 0 Å². The van der Waals surface area contributed by atoms with Gasteiger partial charge in [0, 0.05) is 24.7 Å². The molecule has 1 aliphatic heterocycles. The number of benzene rings is 1. The number of hydrogen-bond acceptors (Lipinski definition) is 4. The van der Waals surface area contributed by atoms with Crippen LogP contribution in [-0.4, -0.2) is 29.3 Å². The maximum atomic E-state index is 6.01. The number of nitrogens with two attached hydrogens (primary N) is 1. The third kappa shape index (κ3) is 2.80. The molecule has 0 saturated carbocycles. The van der Waals surface area contributed by atoms with Gasteiger partial charge in [-0.3, -0.25) is 0 Å². The molecular formula is C16H20N4. The SMILES string of the molecule is Cc1ccc(-c2ccc(N3CCCC(N)C3)nn2)cc1. The summed E-state index contributed by atoms with van der Waals surface area (Å²) in [7, 11) is 0. The minimum absolute atomic E-state index is 0.252. The quantitative estimate of drug-likeness (QED) is 0.908. The van der Waals surface area contributed by atoms with E-state index in [1.807, 2.05) is 12.1 Å². The lowest BCUT2D eigenvalue weighted by Crippen LogP contribution is -2.43. The van der Waals surface area contributed by atoms with Gasteiger partial charge < -0.3 is 10.6 Å². The van der Waals surface area contributed by atoms with E-state index >= 15 is 0 Å².